The van der Waals surface area contributed by atoms with E-state index in [1.54, 1.807) is 6.92 Å². The average molecular weight is 334 g/mol. The molecule has 4 aliphatic rings. The molecular formula is C19H18N4O2. The number of fused-ring (bicyclic) bond motifs is 1. The van der Waals surface area contributed by atoms with Crippen molar-refractivity contribution in [2.24, 2.45) is 21.7 Å². The monoisotopic (exact) mass is 334 g/mol. The number of ether oxygens (including phenoxy) is 2. The molecule has 0 spiro atoms. The summed E-state index contributed by atoms with van der Waals surface area (Å²) < 4.78 is 12.3. The van der Waals surface area contributed by atoms with Crippen LogP contribution < -0.4 is 0 Å². The quantitative estimate of drug-likeness (QED) is 0.898. The zero-order valence-electron chi connectivity index (χ0n) is 14.3. The molecule has 1 aromatic rings. The highest BCUT2D eigenvalue weighted by atomic mass is 16.7. The minimum atomic E-state index is -1.43. The van der Waals surface area contributed by atoms with Gasteiger partial charge in [-0.1, -0.05) is 44.2 Å². The normalized spacial score (nSPS) is 41.0. The number of hydrogen-bond acceptors (Lipinski definition) is 5. The number of nitriles is 2. The Morgan fingerprint density at radius 3 is 2.36 bits per heavy atom. The first-order valence-electron chi connectivity index (χ1n) is 8.30. The summed E-state index contributed by atoms with van der Waals surface area (Å²) in [5.74, 6) is -1.78. The Morgan fingerprint density at radius 1 is 1.16 bits per heavy atom. The number of amidine groups is 1. The van der Waals surface area contributed by atoms with Crippen molar-refractivity contribution < 1.29 is 9.47 Å². The summed E-state index contributed by atoms with van der Waals surface area (Å²) in [4.78, 5) is 4.23. The summed E-state index contributed by atoms with van der Waals surface area (Å²) in [6.45, 7) is 5.67. The Hall–Kier alpha value is -2.70. The molecule has 0 saturated carbocycles. The molecule has 0 amide bonds. The minimum Gasteiger partial charge on any atom is -0.447 e. The van der Waals surface area contributed by atoms with Crippen LogP contribution in [0.5, 0.6) is 0 Å². The third-order valence-electron chi connectivity index (χ3n) is 5.68. The van der Waals surface area contributed by atoms with Gasteiger partial charge in [-0.2, -0.15) is 15.5 Å². The highest BCUT2D eigenvalue weighted by Crippen LogP contribution is 2.69. The van der Waals surface area contributed by atoms with E-state index in [0.29, 0.717) is 0 Å². The van der Waals surface area contributed by atoms with Crippen LogP contribution in [0.3, 0.4) is 0 Å². The lowest BCUT2D eigenvalue weighted by Gasteiger charge is -2.61. The molecule has 0 aromatic heterocycles. The number of nitrogens with one attached hydrogen (secondary N) is 1. The van der Waals surface area contributed by atoms with Crippen molar-refractivity contribution in [3.8, 4) is 12.1 Å². The molecule has 6 nitrogen and oxygen atoms in total. The smallest absolute Gasteiger partial charge is 0.218 e. The maximum absolute atomic E-state index is 10.3. The van der Waals surface area contributed by atoms with E-state index >= 15 is 0 Å². The van der Waals surface area contributed by atoms with Crippen LogP contribution in [0.15, 0.2) is 35.3 Å². The van der Waals surface area contributed by atoms with Gasteiger partial charge in [0, 0.05) is 6.92 Å². The molecule has 4 heterocycles. The van der Waals surface area contributed by atoms with Crippen LogP contribution >= 0.6 is 0 Å². The van der Waals surface area contributed by atoms with E-state index in [1.165, 1.54) is 0 Å². The molecule has 3 saturated heterocycles. The largest absolute Gasteiger partial charge is 0.447 e. The maximum atomic E-state index is 10.3. The number of rotatable bonds is 2. The number of nitrogens with zero attached hydrogens (tertiary/aromatic N) is 3. The van der Waals surface area contributed by atoms with E-state index in [2.05, 4.69) is 17.1 Å². The highest BCUT2D eigenvalue weighted by Gasteiger charge is 2.83. The summed E-state index contributed by atoms with van der Waals surface area (Å²) in [5, 5.41) is 29.0. The first-order chi connectivity index (χ1) is 11.9. The zero-order chi connectivity index (χ0) is 18.0. The Morgan fingerprint density at radius 2 is 1.80 bits per heavy atom. The molecule has 3 fully saturated rings. The van der Waals surface area contributed by atoms with Crippen molar-refractivity contribution in [1.29, 1.82) is 15.9 Å². The molecule has 1 aromatic carbocycles. The summed E-state index contributed by atoms with van der Waals surface area (Å²) in [6.07, 6.45) is -0.572. The van der Waals surface area contributed by atoms with Gasteiger partial charge in [0.1, 0.15) is 5.84 Å². The topological polar surface area (TPSA) is 102 Å². The summed E-state index contributed by atoms with van der Waals surface area (Å²) in [5.41, 5.74) is -2.04. The Bertz CT molecular complexity index is 881. The van der Waals surface area contributed by atoms with Crippen LogP contribution in [-0.2, 0) is 9.47 Å². The number of aliphatic imine (C=N–C) groups is 1. The van der Waals surface area contributed by atoms with Crippen LogP contribution in [0.25, 0.3) is 0 Å². The second-order valence-electron chi connectivity index (χ2n) is 7.35. The molecule has 4 bridgehead atoms. The predicted octanol–water partition coefficient (Wildman–Crippen LogP) is 2.98. The lowest BCUT2D eigenvalue weighted by molar-refractivity contribution is -0.321. The van der Waals surface area contributed by atoms with E-state index in [-0.39, 0.29) is 17.7 Å². The van der Waals surface area contributed by atoms with Gasteiger partial charge in [-0.3, -0.25) is 5.41 Å². The Labute approximate surface area is 146 Å². The van der Waals surface area contributed by atoms with Gasteiger partial charge < -0.3 is 9.47 Å². The fourth-order valence-corrected chi connectivity index (χ4v) is 4.76. The van der Waals surface area contributed by atoms with Gasteiger partial charge in [-0.15, -0.1) is 0 Å². The van der Waals surface area contributed by atoms with Gasteiger partial charge in [0.15, 0.2) is 10.8 Å². The SMILES string of the molecule is CC(C)[C@@H]1O[C@@]2(C)OC3=NC(=N)[C@@](C#N)([C@H]2c2ccccc2)[C@]31C#N. The standard InChI is InChI=1S/C19H18N4O2/c1-11(2)14-19(10-21)16-23-15(22)18(19,9-20)13(17(3,24-14)25-16)12-7-5-4-6-8-12/h4-8,11,13-14,22H,1-3H3/t13-,14-,17-,18+,19-/m0/s1. The molecule has 0 aliphatic carbocycles. The minimum absolute atomic E-state index is 0.0385. The van der Waals surface area contributed by atoms with Crippen LogP contribution in [0.4, 0.5) is 0 Å². The van der Waals surface area contributed by atoms with Gasteiger partial charge in [0.05, 0.1) is 24.2 Å². The Kier molecular flexibility index (Phi) is 2.96. The maximum Gasteiger partial charge on any atom is 0.218 e. The summed E-state index contributed by atoms with van der Waals surface area (Å²) in [6, 6.07) is 14.0. The van der Waals surface area contributed by atoms with Gasteiger partial charge in [0.2, 0.25) is 11.7 Å². The van der Waals surface area contributed by atoms with E-state index in [9.17, 15) is 10.5 Å². The zero-order valence-corrected chi connectivity index (χ0v) is 14.3. The van der Waals surface area contributed by atoms with E-state index in [1.807, 2.05) is 44.2 Å². The second-order valence-corrected chi connectivity index (χ2v) is 7.35. The number of benzene rings is 1. The molecule has 0 radical (unpaired) electrons. The van der Waals surface area contributed by atoms with E-state index in [4.69, 9.17) is 14.9 Å². The lowest BCUT2D eigenvalue weighted by Crippen LogP contribution is -2.73. The van der Waals surface area contributed by atoms with Crippen LogP contribution in [0.2, 0.25) is 0 Å². The lowest BCUT2D eigenvalue weighted by atomic mass is 9.49. The molecule has 126 valence electrons. The third-order valence-corrected chi connectivity index (χ3v) is 5.68. The van der Waals surface area contributed by atoms with Crippen molar-refractivity contribution in [1.82, 2.24) is 0 Å². The van der Waals surface area contributed by atoms with Crippen molar-refractivity contribution in [3.05, 3.63) is 35.9 Å². The fraction of sp³-hybridized carbons (Fsp3) is 0.474. The van der Waals surface area contributed by atoms with Crippen molar-refractivity contribution in [3.63, 3.8) is 0 Å². The van der Waals surface area contributed by atoms with Crippen molar-refractivity contribution in [2.45, 2.75) is 38.6 Å². The first-order valence-corrected chi connectivity index (χ1v) is 8.30. The third kappa shape index (κ3) is 1.52. The van der Waals surface area contributed by atoms with E-state index < -0.39 is 28.6 Å². The molecule has 25 heavy (non-hydrogen) atoms. The molecule has 5 atom stereocenters. The molecule has 5 rings (SSSR count). The van der Waals surface area contributed by atoms with Gasteiger partial charge in [0.25, 0.3) is 0 Å². The highest BCUT2D eigenvalue weighted by molar-refractivity contribution is 6.13. The molecule has 0 unspecified atom stereocenters. The predicted molar refractivity (Wildman–Crippen MR) is 89.6 cm³/mol. The molecule has 4 aliphatic heterocycles. The summed E-state index contributed by atoms with van der Waals surface area (Å²) in [7, 11) is 0. The van der Waals surface area contributed by atoms with Crippen molar-refractivity contribution in [2.75, 3.05) is 0 Å². The molecule has 1 N–H and O–H groups in total. The molecular weight excluding hydrogens is 316 g/mol. The van der Waals surface area contributed by atoms with Gasteiger partial charge in [-0.05, 0) is 11.5 Å². The second kappa shape index (κ2) is 4.68. The van der Waals surface area contributed by atoms with Crippen LogP contribution in [0, 0.1) is 44.8 Å². The Balaban J connectivity index is 2.07. The first kappa shape index (κ1) is 15.8. The van der Waals surface area contributed by atoms with E-state index in [0.717, 1.165) is 5.56 Å². The fourth-order valence-electron chi connectivity index (χ4n) is 4.76. The van der Waals surface area contributed by atoms with Crippen molar-refractivity contribution >= 4 is 11.7 Å². The van der Waals surface area contributed by atoms with Gasteiger partial charge in [-0.25, -0.2) is 0 Å². The van der Waals surface area contributed by atoms with Gasteiger partial charge >= 0.3 is 0 Å². The van der Waals surface area contributed by atoms with Crippen LogP contribution in [0.1, 0.15) is 32.3 Å². The molecule has 6 heteroatoms. The van der Waals surface area contributed by atoms with Crippen LogP contribution in [-0.4, -0.2) is 23.6 Å². The number of hydrogen-bond donors (Lipinski definition) is 1. The average Bonchev–Trinajstić information content (AvgIpc) is 2.79. The summed E-state index contributed by atoms with van der Waals surface area (Å²) >= 11 is 0.